The smallest absolute Gasteiger partial charge is 0.0485 e. The van der Waals surface area contributed by atoms with Crippen molar-refractivity contribution < 1.29 is 0 Å². The minimum atomic E-state index is 0.253. The van der Waals surface area contributed by atoms with Gasteiger partial charge in [-0.1, -0.05) is 0 Å². The topological polar surface area (TPSA) is 45.4 Å². The van der Waals surface area contributed by atoms with E-state index < -0.39 is 0 Å². The highest BCUT2D eigenvalue weighted by Gasteiger charge is 2.17. The molecule has 0 saturated heterocycles. The molecule has 0 spiro atoms. The molecule has 0 aliphatic rings. The van der Waals surface area contributed by atoms with Crippen molar-refractivity contribution in [1.29, 1.82) is 0 Å². The van der Waals surface area contributed by atoms with Gasteiger partial charge in [-0.3, -0.25) is 9.88 Å². The molecule has 1 rings (SSSR count). The maximum absolute atomic E-state index is 5.90. The zero-order valence-corrected chi connectivity index (χ0v) is 11.3. The lowest BCUT2D eigenvalue weighted by atomic mass is 10.0. The molecule has 0 aliphatic heterocycles. The van der Waals surface area contributed by atoms with Crippen LogP contribution < -0.4 is 5.73 Å². The van der Waals surface area contributed by atoms with E-state index in [0.717, 1.165) is 13.1 Å². The SMILES string of the molecule is Cc1ccncc1C(CN)N(C)CCN(C)C. The lowest BCUT2D eigenvalue weighted by Crippen LogP contribution is -2.35. The van der Waals surface area contributed by atoms with Gasteiger partial charge in [-0.15, -0.1) is 0 Å². The summed E-state index contributed by atoms with van der Waals surface area (Å²) in [6, 6.07) is 2.29. The second-order valence-corrected chi connectivity index (χ2v) is 4.77. The van der Waals surface area contributed by atoms with Crippen molar-refractivity contribution in [3.05, 3.63) is 29.6 Å². The largest absolute Gasteiger partial charge is 0.329 e. The van der Waals surface area contributed by atoms with E-state index in [1.807, 2.05) is 18.5 Å². The molecule has 0 bridgehead atoms. The number of hydrogen-bond donors (Lipinski definition) is 1. The van der Waals surface area contributed by atoms with Gasteiger partial charge in [0.2, 0.25) is 0 Å². The first-order valence-electron chi connectivity index (χ1n) is 6.01. The molecule has 1 heterocycles. The predicted molar refractivity (Wildman–Crippen MR) is 72.0 cm³/mol. The van der Waals surface area contributed by atoms with Crippen molar-refractivity contribution in [2.45, 2.75) is 13.0 Å². The van der Waals surface area contributed by atoms with Gasteiger partial charge in [0, 0.05) is 38.1 Å². The molecule has 1 atom stereocenters. The van der Waals surface area contributed by atoms with Gasteiger partial charge in [0.25, 0.3) is 0 Å². The van der Waals surface area contributed by atoms with Gasteiger partial charge in [-0.25, -0.2) is 0 Å². The quantitative estimate of drug-likeness (QED) is 0.796. The summed E-state index contributed by atoms with van der Waals surface area (Å²) in [5, 5.41) is 0. The van der Waals surface area contributed by atoms with Gasteiger partial charge in [0.05, 0.1) is 0 Å². The Morgan fingerprint density at radius 3 is 2.53 bits per heavy atom. The van der Waals surface area contributed by atoms with Crippen LogP contribution in [0.2, 0.25) is 0 Å². The molecular weight excluding hydrogens is 212 g/mol. The van der Waals surface area contributed by atoms with Crippen molar-refractivity contribution in [2.24, 2.45) is 5.73 Å². The summed E-state index contributed by atoms with van der Waals surface area (Å²) in [5.74, 6) is 0. The van der Waals surface area contributed by atoms with E-state index in [0.29, 0.717) is 6.54 Å². The Balaban J connectivity index is 2.74. The number of hydrogen-bond acceptors (Lipinski definition) is 4. The first kappa shape index (κ1) is 14.1. The first-order chi connectivity index (χ1) is 8.06. The fourth-order valence-electron chi connectivity index (χ4n) is 1.88. The lowest BCUT2D eigenvalue weighted by Gasteiger charge is -2.29. The van der Waals surface area contributed by atoms with Crippen molar-refractivity contribution in [1.82, 2.24) is 14.8 Å². The van der Waals surface area contributed by atoms with E-state index >= 15 is 0 Å². The molecule has 0 saturated carbocycles. The Kier molecular flexibility index (Phi) is 5.55. The Morgan fingerprint density at radius 2 is 2.00 bits per heavy atom. The molecule has 17 heavy (non-hydrogen) atoms. The van der Waals surface area contributed by atoms with Gasteiger partial charge in [0.15, 0.2) is 0 Å². The van der Waals surface area contributed by atoms with E-state index in [1.165, 1.54) is 11.1 Å². The van der Waals surface area contributed by atoms with E-state index in [2.05, 4.69) is 42.9 Å². The van der Waals surface area contributed by atoms with Crippen LogP contribution >= 0.6 is 0 Å². The molecule has 1 aromatic rings. The highest BCUT2D eigenvalue weighted by atomic mass is 15.2. The normalized spacial score (nSPS) is 13.4. The fraction of sp³-hybridized carbons (Fsp3) is 0.615. The fourth-order valence-corrected chi connectivity index (χ4v) is 1.88. The van der Waals surface area contributed by atoms with Gasteiger partial charge < -0.3 is 10.6 Å². The predicted octanol–water partition coefficient (Wildman–Crippen LogP) is 0.883. The van der Waals surface area contributed by atoms with Crippen LogP contribution in [-0.2, 0) is 0 Å². The van der Waals surface area contributed by atoms with Gasteiger partial charge >= 0.3 is 0 Å². The minimum absolute atomic E-state index is 0.253. The summed E-state index contributed by atoms with van der Waals surface area (Å²) < 4.78 is 0. The van der Waals surface area contributed by atoms with Crippen molar-refractivity contribution in [3.63, 3.8) is 0 Å². The number of aryl methyl sites for hydroxylation is 1. The van der Waals surface area contributed by atoms with Crippen molar-refractivity contribution in [3.8, 4) is 0 Å². The monoisotopic (exact) mass is 236 g/mol. The van der Waals surface area contributed by atoms with E-state index in [4.69, 9.17) is 5.73 Å². The third-order valence-electron chi connectivity index (χ3n) is 3.09. The zero-order valence-electron chi connectivity index (χ0n) is 11.3. The van der Waals surface area contributed by atoms with Crippen molar-refractivity contribution >= 4 is 0 Å². The minimum Gasteiger partial charge on any atom is -0.329 e. The van der Waals surface area contributed by atoms with Gasteiger partial charge in [-0.05, 0) is 45.3 Å². The highest BCUT2D eigenvalue weighted by molar-refractivity contribution is 5.25. The average molecular weight is 236 g/mol. The molecule has 2 N–H and O–H groups in total. The highest BCUT2D eigenvalue weighted by Crippen LogP contribution is 2.20. The molecule has 1 aromatic heterocycles. The van der Waals surface area contributed by atoms with Gasteiger partial charge in [0.1, 0.15) is 0 Å². The lowest BCUT2D eigenvalue weighted by molar-refractivity contribution is 0.222. The molecule has 1 unspecified atom stereocenters. The van der Waals surface area contributed by atoms with Crippen LogP contribution in [-0.4, -0.2) is 55.6 Å². The molecule has 4 heteroatoms. The summed E-state index contributed by atoms with van der Waals surface area (Å²) in [6.07, 6.45) is 3.76. The summed E-state index contributed by atoms with van der Waals surface area (Å²) in [6.45, 7) is 4.77. The molecule has 96 valence electrons. The van der Waals surface area contributed by atoms with Crippen LogP contribution in [0, 0.1) is 6.92 Å². The van der Waals surface area contributed by atoms with Crippen LogP contribution in [0.15, 0.2) is 18.5 Å². The Hall–Kier alpha value is -0.970. The average Bonchev–Trinajstić information content (AvgIpc) is 2.30. The maximum Gasteiger partial charge on any atom is 0.0485 e. The molecular formula is C13H24N4. The number of aromatic nitrogens is 1. The summed E-state index contributed by atoms with van der Waals surface area (Å²) in [7, 11) is 6.29. The van der Waals surface area contributed by atoms with Crippen LogP contribution in [0.5, 0.6) is 0 Å². The standard InChI is InChI=1S/C13H24N4/c1-11-5-6-15-10-12(11)13(9-14)17(4)8-7-16(2)3/h5-6,10,13H,7-9,14H2,1-4H3. The number of nitrogens with zero attached hydrogens (tertiary/aromatic N) is 3. The third-order valence-corrected chi connectivity index (χ3v) is 3.09. The van der Waals surface area contributed by atoms with E-state index in [9.17, 15) is 0 Å². The van der Waals surface area contributed by atoms with Crippen LogP contribution in [0.3, 0.4) is 0 Å². The molecule has 0 aromatic carbocycles. The second-order valence-electron chi connectivity index (χ2n) is 4.77. The number of nitrogens with two attached hydrogens (primary N) is 1. The molecule has 0 aliphatic carbocycles. The Bertz CT molecular complexity index is 338. The number of pyridine rings is 1. The van der Waals surface area contributed by atoms with Crippen LogP contribution in [0.1, 0.15) is 17.2 Å². The number of rotatable bonds is 6. The van der Waals surface area contributed by atoms with E-state index in [1.54, 1.807) is 0 Å². The maximum atomic E-state index is 5.90. The second kappa shape index (κ2) is 6.69. The summed E-state index contributed by atoms with van der Waals surface area (Å²) in [5.41, 5.74) is 8.39. The third kappa shape index (κ3) is 4.07. The summed E-state index contributed by atoms with van der Waals surface area (Å²) in [4.78, 5) is 8.68. The van der Waals surface area contributed by atoms with Crippen molar-refractivity contribution in [2.75, 3.05) is 40.8 Å². The zero-order chi connectivity index (χ0) is 12.8. The van der Waals surface area contributed by atoms with Crippen LogP contribution in [0.25, 0.3) is 0 Å². The summed E-state index contributed by atoms with van der Waals surface area (Å²) >= 11 is 0. The number of likely N-dealkylation sites (N-methyl/N-ethyl adjacent to an activating group) is 2. The van der Waals surface area contributed by atoms with Crippen LogP contribution in [0.4, 0.5) is 0 Å². The Labute approximate surface area is 104 Å². The molecule has 0 fully saturated rings. The van der Waals surface area contributed by atoms with Gasteiger partial charge in [-0.2, -0.15) is 0 Å². The van der Waals surface area contributed by atoms with E-state index in [-0.39, 0.29) is 6.04 Å². The molecule has 0 amide bonds. The molecule has 4 nitrogen and oxygen atoms in total. The molecule has 0 radical (unpaired) electrons. The first-order valence-corrected chi connectivity index (χ1v) is 6.01. The Morgan fingerprint density at radius 1 is 1.29 bits per heavy atom.